The smallest absolute Gasteiger partial charge is 0.136 e. The second-order valence-electron chi connectivity index (χ2n) is 6.16. The summed E-state index contributed by atoms with van der Waals surface area (Å²) in [4.78, 5) is 0. The average Bonchev–Trinajstić information content (AvgIpc) is 3.06. The van der Waals surface area contributed by atoms with Crippen LogP contribution in [-0.4, -0.2) is 0 Å². The highest BCUT2D eigenvalue weighted by molar-refractivity contribution is 6.19. The molecule has 2 nitrogen and oxygen atoms in total. The molecule has 0 atom stereocenters. The van der Waals surface area contributed by atoms with Crippen molar-refractivity contribution < 1.29 is 4.42 Å². The number of nitriles is 1. The van der Waals surface area contributed by atoms with Crippen LogP contribution in [0, 0.1) is 11.3 Å². The summed E-state index contributed by atoms with van der Waals surface area (Å²) in [6.45, 7) is 0. The molecule has 1 aromatic heterocycles. The molecule has 0 saturated carbocycles. The van der Waals surface area contributed by atoms with Crippen molar-refractivity contribution in [3.8, 4) is 17.2 Å². The molecule has 0 amide bonds. The van der Waals surface area contributed by atoms with E-state index in [2.05, 4.69) is 48.5 Å². The van der Waals surface area contributed by atoms with E-state index < -0.39 is 0 Å². The maximum absolute atomic E-state index is 8.97. The first-order valence-electron chi connectivity index (χ1n) is 8.18. The van der Waals surface area contributed by atoms with Gasteiger partial charge in [0.15, 0.2) is 0 Å². The number of furan rings is 1. The quantitative estimate of drug-likeness (QED) is 0.365. The zero-order valence-corrected chi connectivity index (χ0v) is 13.4. The van der Waals surface area contributed by atoms with Crippen molar-refractivity contribution >= 4 is 32.7 Å². The van der Waals surface area contributed by atoms with Crippen LogP contribution in [0.1, 0.15) is 5.56 Å². The third-order valence-corrected chi connectivity index (χ3v) is 4.71. The molecule has 0 bridgehead atoms. The third-order valence-electron chi connectivity index (χ3n) is 4.71. The average molecular weight is 319 g/mol. The van der Waals surface area contributed by atoms with E-state index >= 15 is 0 Å². The molecule has 0 aliphatic rings. The minimum absolute atomic E-state index is 0.671. The predicted octanol–water partition coefficient (Wildman–Crippen LogP) is 6.28. The van der Waals surface area contributed by atoms with E-state index in [1.807, 2.05) is 36.4 Å². The van der Waals surface area contributed by atoms with Crippen LogP contribution in [0.15, 0.2) is 83.3 Å². The fourth-order valence-electron chi connectivity index (χ4n) is 3.46. The summed E-state index contributed by atoms with van der Waals surface area (Å²) in [6, 6.07) is 28.6. The molecule has 0 fully saturated rings. The van der Waals surface area contributed by atoms with Gasteiger partial charge in [0.05, 0.1) is 11.6 Å². The van der Waals surface area contributed by atoms with Crippen molar-refractivity contribution in [1.29, 1.82) is 5.26 Å². The SMILES string of the molecule is N#Cc1ccc(-c2ccc3oc4ccc5ccccc5c4c3c2)cc1. The van der Waals surface area contributed by atoms with Gasteiger partial charge in [-0.15, -0.1) is 0 Å². The highest BCUT2D eigenvalue weighted by atomic mass is 16.3. The number of hydrogen-bond donors (Lipinski definition) is 0. The molecule has 0 N–H and O–H groups in total. The Kier molecular flexibility index (Phi) is 2.89. The molecule has 0 radical (unpaired) electrons. The van der Waals surface area contributed by atoms with Gasteiger partial charge in [-0.05, 0) is 52.2 Å². The minimum Gasteiger partial charge on any atom is -0.456 e. The molecule has 2 heteroatoms. The number of rotatable bonds is 1. The summed E-state index contributed by atoms with van der Waals surface area (Å²) >= 11 is 0. The number of nitrogens with zero attached hydrogens (tertiary/aromatic N) is 1. The van der Waals surface area contributed by atoms with Gasteiger partial charge in [-0.3, -0.25) is 0 Å². The first-order chi connectivity index (χ1) is 12.3. The van der Waals surface area contributed by atoms with E-state index in [1.54, 1.807) is 0 Å². The van der Waals surface area contributed by atoms with Gasteiger partial charge in [-0.2, -0.15) is 5.26 Å². The second-order valence-corrected chi connectivity index (χ2v) is 6.16. The highest BCUT2D eigenvalue weighted by Gasteiger charge is 2.11. The Labute approximate surface area is 144 Å². The Morgan fingerprint density at radius 3 is 2.28 bits per heavy atom. The fraction of sp³-hybridized carbons (Fsp3) is 0. The van der Waals surface area contributed by atoms with E-state index in [9.17, 15) is 0 Å². The normalized spacial score (nSPS) is 11.2. The maximum Gasteiger partial charge on any atom is 0.136 e. The molecule has 0 aliphatic carbocycles. The Hall–Kier alpha value is -3.57. The maximum atomic E-state index is 8.97. The van der Waals surface area contributed by atoms with Crippen molar-refractivity contribution in [3.63, 3.8) is 0 Å². The van der Waals surface area contributed by atoms with E-state index in [0.717, 1.165) is 33.1 Å². The summed E-state index contributed by atoms with van der Waals surface area (Å²) in [6.07, 6.45) is 0. The summed E-state index contributed by atoms with van der Waals surface area (Å²) < 4.78 is 6.04. The van der Waals surface area contributed by atoms with E-state index in [0.29, 0.717) is 5.56 Å². The highest BCUT2D eigenvalue weighted by Crippen LogP contribution is 2.36. The molecule has 5 aromatic rings. The first kappa shape index (κ1) is 13.8. The van der Waals surface area contributed by atoms with E-state index in [1.165, 1.54) is 10.8 Å². The minimum atomic E-state index is 0.671. The monoisotopic (exact) mass is 319 g/mol. The number of hydrogen-bond acceptors (Lipinski definition) is 2. The molecule has 0 aliphatic heterocycles. The van der Waals surface area contributed by atoms with Crippen LogP contribution < -0.4 is 0 Å². The molecule has 0 unspecified atom stereocenters. The van der Waals surface area contributed by atoms with E-state index in [4.69, 9.17) is 9.68 Å². The molecular formula is C23H13NO. The van der Waals surface area contributed by atoms with Gasteiger partial charge < -0.3 is 4.42 Å². The lowest BCUT2D eigenvalue weighted by Crippen LogP contribution is -1.79. The predicted molar refractivity (Wildman–Crippen MR) is 101 cm³/mol. The Bertz CT molecular complexity index is 1290. The van der Waals surface area contributed by atoms with Crippen LogP contribution in [0.2, 0.25) is 0 Å². The Morgan fingerprint density at radius 1 is 0.680 bits per heavy atom. The van der Waals surface area contributed by atoms with Crippen LogP contribution in [0.5, 0.6) is 0 Å². The van der Waals surface area contributed by atoms with Gasteiger partial charge in [-0.1, -0.05) is 48.5 Å². The van der Waals surface area contributed by atoms with Gasteiger partial charge in [0, 0.05) is 10.8 Å². The lowest BCUT2D eigenvalue weighted by Gasteiger charge is -2.03. The molecule has 116 valence electrons. The van der Waals surface area contributed by atoms with Crippen molar-refractivity contribution in [2.24, 2.45) is 0 Å². The van der Waals surface area contributed by atoms with Gasteiger partial charge in [0.1, 0.15) is 11.2 Å². The topological polar surface area (TPSA) is 36.9 Å². The molecule has 0 spiro atoms. The van der Waals surface area contributed by atoms with Gasteiger partial charge in [0.2, 0.25) is 0 Å². The second kappa shape index (κ2) is 5.22. The number of fused-ring (bicyclic) bond motifs is 5. The standard InChI is InChI=1S/C23H13NO/c24-14-15-5-7-16(8-6-15)18-10-11-21-20(13-18)23-19-4-2-1-3-17(19)9-12-22(23)25-21/h1-13H. The van der Waals surface area contributed by atoms with Crippen molar-refractivity contribution in [2.75, 3.05) is 0 Å². The summed E-state index contributed by atoms with van der Waals surface area (Å²) in [5, 5.41) is 13.7. The molecule has 1 heterocycles. The zero-order chi connectivity index (χ0) is 16.8. The van der Waals surface area contributed by atoms with Crippen LogP contribution >= 0.6 is 0 Å². The van der Waals surface area contributed by atoms with Crippen LogP contribution in [0.3, 0.4) is 0 Å². The zero-order valence-electron chi connectivity index (χ0n) is 13.4. The first-order valence-corrected chi connectivity index (χ1v) is 8.18. The van der Waals surface area contributed by atoms with Gasteiger partial charge in [0.25, 0.3) is 0 Å². The van der Waals surface area contributed by atoms with Crippen LogP contribution in [-0.2, 0) is 0 Å². The van der Waals surface area contributed by atoms with E-state index in [-0.39, 0.29) is 0 Å². The van der Waals surface area contributed by atoms with Gasteiger partial charge >= 0.3 is 0 Å². The third kappa shape index (κ3) is 2.10. The molecule has 25 heavy (non-hydrogen) atoms. The lowest BCUT2D eigenvalue weighted by molar-refractivity contribution is 0.669. The van der Waals surface area contributed by atoms with Crippen LogP contribution in [0.25, 0.3) is 43.8 Å². The molecule has 4 aromatic carbocycles. The summed E-state index contributed by atoms with van der Waals surface area (Å²) in [7, 11) is 0. The van der Waals surface area contributed by atoms with Crippen molar-refractivity contribution in [2.45, 2.75) is 0 Å². The summed E-state index contributed by atoms with van der Waals surface area (Å²) in [5.41, 5.74) is 4.68. The fourth-order valence-corrected chi connectivity index (χ4v) is 3.46. The molecule has 5 rings (SSSR count). The molecule has 0 saturated heterocycles. The lowest BCUT2D eigenvalue weighted by atomic mass is 9.99. The summed E-state index contributed by atoms with van der Waals surface area (Å²) in [5.74, 6) is 0. The van der Waals surface area contributed by atoms with Crippen molar-refractivity contribution in [3.05, 3.63) is 84.4 Å². The van der Waals surface area contributed by atoms with Gasteiger partial charge in [-0.25, -0.2) is 0 Å². The van der Waals surface area contributed by atoms with Crippen LogP contribution in [0.4, 0.5) is 0 Å². The largest absolute Gasteiger partial charge is 0.456 e. The Balaban J connectivity index is 1.81. The van der Waals surface area contributed by atoms with Crippen molar-refractivity contribution in [1.82, 2.24) is 0 Å². The Morgan fingerprint density at radius 2 is 1.44 bits per heavy atom. The number of benzene rings is 4. The molecular weight excluding hydrogens is 306 g/mol.